The van der Waals surface area contributed by atoms with Crippen molar-refractivity contribution < 1.29 is 9.47 Å². The molecule has 4 heterocycles. The van der Waals surface area contributed by atoms with E-state index in [1.807, 2.05) is 36.7 Å². The Kier molecular flexibility index (Phi) is 8.99. The lowest BCUT2D eigenvalue weighted by Crippen LogP contribution is -2.31. The van der Waals surface area contributed by atoms with Crippen molar-refractivity contribution in [2.75, 3.05) is 11.5 Å². The average Bonchev–Trinajstić information content (AvgIpc) is 3.57. The largest absolute Gasteiger partial charge is 0.475 e. The standard InChI is InChI=1S/C45H50N4O2/c1-28(2)42(29(3)4)38-27-50-43(48-38)31-22-30(37-15-12-13-20-46-37)23-34(24-31)51-33-17-18-36-40(26-33)49(39-16-11-10-14-35(39)45(36,8)9)41-25-32(19-21-47-41)44(5,6)7/h10-26,28-29,38,42H,27H2,1-9H3/t38-/m0/s1. The van der Waals surface area contributed by atoms with Crippen LogP contribution in [-0.4, -0.2) is 28.5 Å². The van der Waals surface area contributed by atoms with Gasteiger partial charge in [0, 0.05) is 35.0 Å². The number of anilines is 3. The van der Waals surface area contributed by atoms with Crippen LogP contribution in [0.5, 0.6) is 11.5 Å². The van der Waals surface area contributed by atoms with Gasteiger partial charge in [-0.25, -0.2) is 9.98 Å². The first kappa shape index (κ1) is 34.5. The normalized spacial score (nSPS) is 16.6. The summed E-state index contributed by atoms with van der Waals surface area (Å²) in [5.74, 6) is 4.42. The summed E-state index contributed by atoms with van der Waals surface area (Å²) >= 11 is 0. The third-order valence-electron chi connectivity index (χ3n) is 10.5. The lowest BCUT2D eigenvalue weighted by Gasteiger charge is -2.41. The van der Waals surface area contributed by atoms with Crippen molar-refractivity contribution in [2.24, 2.45) is 22.7 Å². The Labute approximate surface area is 303 Å². The van der Waals surface area contributed by atoms with Gasteiger partial charge in [-0.1, -0.05) is 92.6 Å². The van der Waals surface area contributed by atoms with Crippen LogP contribution in [0.15, 0.2) is 108 Å². The molecule has 0 radical (unpaired) electrons. The maximum atomic E-state index is 6.79. The van der Waals surface area contributed by atoms with Gasteiger partial charge in [0.1, 0.15) is 23.9 Å². The third-order valence-corrected chi connectivity index (χ3v) is 10.5. The fraction of sp³-hybridized carbons (Fsp3) is 0.356. The number of fused-ring (bicyclic) bond motifs is 2. The van der Waals surface area contributed by atoms with E-state index in [4.69, 9.17) is 19.5 Å². The maximum absolute atomic E-state index is 6.79. The number of nitrogens with zero attached hydrogens (tertiary/aromatic N) is 4. The van der Waals surface area contributed by atoms with Crippen molar-refractivity contribution in [2.45, 2.75) is 79.2 Å². The van der Waals surface area contributed by atoms with Crippen LogP contribution < -0.4 is 9.64 Å². The molecular formula is C45H50N4O2. The predicted molar refractivity (Wildman–Crippen MR) is 209 cm³/mol. The Balaban J connectivity index is 1.32. The van der Waals surface area contributed by atoms with Gasteiger partial charge in [-0.2, -0.15) is 0 Å². The fourth-order valence-corrected chi connectivity index (χ4v) is 8.02. The van der Waals surface area contributed by atoms with Crippen LogP contribution in [0.3, 0.4) is 0 Å². The summed E-state index contributed by atoms with van der Waals surface area (Å²) in [6.07, 6.45) is 3.74. The van der Waals surface area contributed by atoms with Crippen molar-refractivity contribution >= 4 is 23.1 Å². The Bertz CT molecular complexity index is 2070. The molecule has 3 aromatic carbocycles. The second-order valence-corrected chi connectivity index (χ2v) is 16.3. The summed E-state index contributed by atoms with van der Waals surface area (Å²) in [5, 5.41) is 0. The van der Waals surface area contributed by atoms with Crippen molar-refractivity contribution in [3.05, 3.63) is 126 Å². The van der Waals surface area contributed by atoms with Crippen molar-refractivity contribution in [3.8, 4) is 22.8 Å². The Morgan fingerprint density at radius 3 is 2.20 bits per heavy atom. The molecule has 51 heavy (non-hydrogen) atoms. The van der Waals surface area contributed by atoms with E-state index in [2.05, 4.69) is 139 Å². The molecule has 0 aliphatic carbocycles. The zero-order chi connectivity index (χ0) is 36.1. The lowest BCUT2D eigenvalue weighted by molar-refractivity contribution is 0.198. The van der Waals surface area contributed by atoms with Crippen LogP contribution in [0, 0.1) is 17.8 Å². The number of hydrogen-bond acceptors (Lipinski definition) is 6. The molecule has 0 amide bonds. The van der Waals surface area contributed by atoms with Crippen LogP contribution in [0.4, 0.5) is 17.2 Å². The molecule has 2 aromatic heterocycles. The Morgan fingerprint density at radius 2 is 1.47 bits per heavy atom. The number of ether oxygens (including phenoxy) is 2. The average molecular weight is 679 g/mol. The number of aliphatic imine (C=N–C) groups is 1. The van der Waals surface area contributed by atoms with E-state index in [1.165, 1.54) is 16.7 Å². The molecule has 2 aliphatic rings. The number of hydrogen-bond donors (Lipinski definition) is 0. The molecule has 0 saturated carbocycles. The molecule has 7 rings (SSSR count). The van der Waals surface area contributed by atoms with Crippen molar-refractivity contribution in [1.82, 2.24) is 9.97 Å². The minimum absolute atomic E-state index is 0.0196. The summed E-state index contributed by atoms with van der Waals surface area (Å²) < 4.78 is 13.1. The molecular weight excluding hydrogens is 629 g/mol. The van der Waals surface area contributed by atoms with Gasteiger partial charge < -0.3 is 9.47 Å². The second kappa shape index (κ2) is 13.3. The quantitative estimate of drug-likeness (QED) is 0.163. The fourth-order valence-electron chi connectivity index (χ4n) is 8.02. The van der Waals surface area contributed by atoms with Gasteiger partial charge in [-0.15, -0.1) is 0 Å². The highest BCUT2D eigenvalue weighted by Crippen LogP contribution is 2.52. The predicted octanol–water partition coefficient (Wildman–Crippen LogP) is 11.4. The minimum atomic E-state index is -0.229. The molecule has 262 valence electrons. The van der Waals surface area contributed by atoms with Gasteiger partial charge in [0.2, 0.25) is 5.90 Å². The molecule has 1 atom stereocenters. The van der Waals surface area contributed by atoms with Gasteiger partial charge in [0.05, 0.1) is 23.1 Å². The minimum Gasteiger partial charge on any atom is -0.475 e. The summed E-state index contributed by atoms with van der Waals surface area (Å²) in [7, 11) is 0. The van der Waals surface area contributed by atoms with E-state index < -0.39 is 0 Å². The van der Waals surface area contributed by atoms with Crippen LogP contribution in [0.1, 0.15) is 84.6 Å². The first-order valence-corrected chi connectivity index (χ1v) is 18.3. The van der Waals surface area contributed by atoms with Gasteiger partial charge in [-0.3, -0.25) is 9.88 Å². The van der Waals surface area contributed by atoms with Crippen LogP contribution in [-0.2, 0) is 15.6 Å². The van der Waals surface area contributed by atoms with Gasteiger partial charge in [0.25, 0.3) is 0 Å². The van der Waals surface area contributed by atoms with E-state index >= 15 is 0 Å². The first-order valence-electron chi connectivity index (χ1n) is 18.3. The number of pyridine rings is 2. The number of aromatic nitrogens is 2. The van der Waals surface area contributed by atoms with Gasteiger partial charge in [0.15, 0.2) is 0 Å². The van der Waals surface area contributed by atoms with Crippen LogP contribution >= 0.6 is 0 Å². The Hall–Kier alpha value is -4.97. The number of rotatable bonds is 8. The smallest absolute Gasteiger partial charge is 0.216 e. The monoisotopic (exact) mass is 678 g/mol. The Morgan fingerprint density at radius 1 is 0.745 bits per heavy atom. The van der Waals surface area contributed by atoms with Gasteiger partial charge in [-0.05, 0) is 94.5 Å². The van der Waals surface area contributed by atoms with Gasteiger partial charge >= 0.3 is 0 Å². The maximum Gasteiger partial charge on any atom is 0.216 e. The number of benzene rings is 3. The van der Waals surface area contributed by atoms with E-state index in [1.54, 1.807) is 0 Å². The second-order valence-electron chi connectivity index (χ2n) is 16.3. The van der Waals surface area contributed by atoms with Crippen molar-refractivity contribution in [1.29, 1.82) is 0 Å². The molecule has 0 bridgehead atoms. The molecule has 5 aromatic rings. The van der Waals surface area contributed by atoms with E-state index in [9.17, 15) is 0 Å². The highest BCUT2D eigenvalue weighted by atomic mass is 16.5. The zero-order valence-corrected chi connectivity index (χ0v) is 31.4. The molecule has 0 saturated heterocycles. The summed E-state index contributed by atoms with van der Waals surface area (Å²) in [4.78, 5) is 17.0. The topological polar surface area (TPSA) is 59.8 Å². The first-order chi connectivity index (χ1) is 24.3. The van der Waals surface area contributed by atoms with Crippen LogP contribution in [0.25, 0.3) is 11.3 Å². The zero-order valence-electron chi connectivity index (χ0n) is 31.4. The molecule has 0 unspecified atom stereocenters. The molecule has 0 fully saturated rings. The SMILES string of the molecule is CC(C)C(C(C)C)[C@@H]1COC(c2cc(Oc3ccc4c(c3)N(c3cc(C(C)(C)C)ccn3)c3ccccc3C4(C)C)cc(-c3ccccn3)c2)=N1. The van der Waals surface area contributed by atoms with Crippen molar-refractivity contribution in [3.63, 3.8) is 0 Å². The summed E-state index contributed by atoms with van der Waals surface area (Å²) in [6.45, 7) is 21.0. The molecule has 0 spiro atoms. The highest BCUT2D eigenvalue weighted by Gasteiger charge is 2.38. The van der Waals surface area contributed by atoms with E-state index in [0.717, 1.165) is 39.8 Å². The van der Waals surface area contributed by atoms with Crippen LogP contribution in [0.2, 0.25) is 0 Å². The number of para-hydroxylation sites is 1. The van der Waals surface area contributed by atoms with E-state index in [-0.39, 0.29) is 16.9 Å². The third kappa shape index (κ3) is 6.64. The lowest BCUT2D eigenvalue weighted by atomic mass is 9.73. The highest BCUT2D eigenvalue weighted by molar-refractivity contribution is 5.97. The molecule has 6 nitrogen and oxygen atoms in total. The molecule has 6 heteroatoms. The summed E-state index contributed by atoms with van der Waals surface area (Å²) in [6, 6.07) is 31.7. The molecule has 2 aliphatic heterocycles. The van der Waals surface area contributed by atoms with E-state index in [0.29, 0.717) is 36.0 Å². The molecule has 0 N–H and O–H groups in total. The summed E-state index contributed by atoms with van der Waals surface area (Å²) in [5.41, 5.74) is 8.32.